The summed E-state index contributed by atoms with van der Waals surface area (Å²) >= 11 is 0. The van der Waals surface area contributed by atoms with Gasteiger partial charge in [-0.1, -0.05) is 0 Å². The summed E-state index contributed by atoms with van der Waals surface area (Å²) < 4.78 is 3.98. The van der Waals surface area contributed by atoms with Gasteiger partial charge in [-0.15, -0.1) is 0 Å². The van der Waals surface area contributed by atoms with Crippen LogP contribution >= 0.6 is 0 Å². The van der Waals surface area contributed by atoms with Crippen molar-refractivity contribution in [2.24, 2.45) is 0 Å². The molecule has 27 heavy (non-hydrogen) atoms. The number of hydrogen-bond acceptors (Lipinski definition) is 4. The van der Waals surface area contributed by atoms with Crippen molar-refractivity contribution in [2.45, 2.75) is 53.0 Å². The number of rotatable bonds is 3. The third kappa shape index (κ3) is 3.01. The summed E-state index contributed by atoms with van der Waals surface area (Å²) in [5.41, 5.74) is 3.93. The maximum absolute atomic E-state index is 13.2. The highest BCUT2D eigenvalue weighted by atomic mass is 16.2. The number of aryl methyl sites for hydroxylation is 4. The first kappa shape index (κ1) is 17.7. The number of carbonyl (C=O) groups is 1. The van der Waals surface area contributed by atoms with E-state index in [0.717, 1.165) is 55.4 Å². The molecule has 7 nitrogen and oxygen atoms in total. The van der Waals surface area contributed by atoms with E-state index in [1.807, 2.05) is 44.1 Å². The highest BCUT2D eigenvalue weighted by Crippen LogP contribution is 2.28. The Morgan fingerprint density at radius 3 is 2.67 bits per heavy atom. The lowest BCUT2D eigenvalue weighted by Gasteiger charge is -2.31. The first-order valence-electron chi connectivity index (χ1n) is 9.63. The first-order valence-corrected chi connectivity index (χ1v) is 9.63. The zero-order valence-electron chi connectivity index (χ0n) is 16.4. The average molecular weight is 366 g/mol. The van der Waals surface area contributed by atoms with Crippen molar-refractivity contribution in [3.05, 3.63) is 46.9 Å². The number of aromatic nitrogens is 5. The molecule has 0 bridgehead atoms. The van der Waals surface area contributed by atoms with Gasteiger partial charge in [0.2, 0.25) is 0 Å². The molecular weight excluding hydrogens is 340 g/mol. The first-order chi connectivity index (χ1) is 13.0. The van der Waals surface area contributed by atoms with Gasteiger partial charge in [0, 0.05) is 49.3 Å². The van der Waals surface area contributed by atoms with Crippen molar-refractivity contribution in [1.29, 1.82) is 0 Å². The molecular formula is C20H26N6O. The molecule has 1 fully saturated rings. The summed E-state index contributed by atoms with van der Waals surface area (Å²) in [6.45, 7) is 10.4. The van der Waals surface area contributed by atoms with Crippen LogP contribution in [0.5, 0.6) is 0 Å². The number of piperidine rings is 1. The molecule has 0 saturated carbocycles. The van der Waals surface area contributed by atoms with E-state index in [2.05, 4.69) is 26.6 Å². The van der Waals surface area contributed by atoms with Gasteiger partial charge >= 0.3 is 0 Å². The number of fused-ring (bicyclic) bond motifs is 1. The van der Waals surface area contributed by atoms with Gasteiger partial charge in [-0.2, -0.15) is 5.10 Å². The average Bonchev–Trinajstić information content (AvgIpc) is 3.25. The molecule has 3 aromatic heterocycles. The van der Waals surface area contributed by atoms with Crippen LogP contribution in [-0.2, 0) is 6.54 Å². The summed E-state index contributed by atoms with van der Waals surface area (Å²) in [6, 6.07) is 1.98. The van der Waals surface area contributed by atoms with Gasteiger partial charge in [0.05, 0.1) is 5.69 Å². The second-order valence-corrected chi connectivity index (χ2v) is 7.37. The maximum Gasteiger partial charge on any atom is 0.259 e. The Hall–Kier alpha value is -2.70. The number of likely N-dealkylation sites (tertiary alicyclic amines) is 1. The monoisotopic (exact) mass is 366 g/mol. The molecule has 142 valence electrons. The van der Waals surface area contributed by atoms with E-state index in [4.69, 9.17) is 0 Å². The predicted molar refractivity (Wildman–Crippen MR) is 103 cm³/mol. The van der Waals surface area contributed by atoms with Gasteiger partial charge in [-0.25, -0.2) is 14.5 Å². The molecule has 0 unspecified atom stereocenters. The van der Waals surface area contributed by atoms with Gasteiger partial charge in [-0.3, -0.25) is 4.79 Å². The maximum atomic E-state index is 13.2. The highest BCUT2D eigenvalue weighted by molar-refractivity contribution is 6.01. The molecule has 0 radical (unpaired) electrons. The summed E-state index contributed by atoms with van der Waals surface area (Å²) in [5, 5.41) is 4.54. The molecule has 4 heterocycles. The number of nitrogens with zero attached hydrogens (tertiary/aromatic N) is 6. The van der Waals surface area contributed by atoms with Crippen LogP contribution in [0.25, 0.3) is 5.65 Å². The van der Waals surface area contributed by atoms with E-state index < -0.39 is 0 Å². The number of carbonyl (C=O) groups excluding carboxylic acids is 1. The van der Waals surface area contributed by atoms with E-state index >= 15 is 0 Å². The predicted octanol–water partition coefficient (Wildman–Crippen LogP) is 2.89. The number of hydrogen-bond donors (Lipinski definition) is 0. The lowest BCUT2D eigenvalue weighted by atomic mass is 9.95. The lowest BCUT2D eigenvalue weighted by Crippen LogP contribution is -2.38. The quantitative estimate of drug-likeness (QED) is 0.715. The second kappa shape index (κ2) is 6.79. The normalized spacial score (nSPS) is 15.6. The minimum absolute atomic E-state index is 0.0392. The molecule has 4 rings (SSSR count). The minimum atomic E-state index is 0.0392. The van der Waals surface area contributed by atoms with E-state index in [9.17, 15) is 4.79 Å². The zero-order valence-corrected chi connectivity index (χ0v) is 16.4. The Morgan fingerprint density at radius 2 is 1.96 bits per heavy atom. The topological polar surface area (TPSA) is 68.3 Å². The van der Waals surface area contributed by atoms with Crippen LogP contribution in [0.1, 0.15) is 58.9 Å². The molecule has 1 aliphatic rings. The van der Waals surface area contributed by atoms with Crippen molar-refractivity contribution in [1.82, 2.24) is 29.0 Å². The smallest absolute Gasteiger partial charge is 0.259 e. The molecule has 3 aromatic rings. The van der Waals surface area contributed by atoms with Crippen molar-refractivity contribution >= 4 is 11.6 Å². The van der Waals surface area contributed by atoms with Crippen molar-refractivity contribution < 1.29 is 4.79 Å². The van der Waals surface area contributed by atoms with Crippen LogP contribution in [0.3, 0.4) is 0 Å². The number of amides is 1. The highest BCUT2D eigenvalue weighted by Gasteiger charge is 2.30. The Morgan fingerprint density at radius 1 is 1.22 bits per heavy atom. The molecule has 1 saturated heterocycles. The summed E-state index contributed by atoms with van der Waals surface area (Å²) in [6.07, 6.45) is 5.78. The Labute approximate surface area is 159 Å². The van der Waals surface area contributed by atoms with E-state index in [0.29, 0.717) is 17.1 Å². The SMILES string of the molecule is CCn1ccnc1C1CCN(C(=O)c2c(C)nn3c(C)cc(C)nc23)CC1. The molecule has 0 aliphatic carbocycles. The lowest BCUT2D eigenvalue weighted by molar-refractivity contribution is 0.0711. The molecule has 1 aliphatic heterocycles. The van der Waals surface area contributed by atoms with E-state index in [1.54, 1.807) is 4.52 Å². The summed E-state index contributed by atoms with van der Waals surface area (Å²) in [5.74, 6) is 1.60. The molecule has 0 aromatic carbocycles. The fourth-order valence-electron chi connectivity index (χ4n) is 4.12. The van der Waals surface area contributed by atoms with Crippen LogP contribution in [0.15, 0.2) is 18.5 Å². The Balaban J connectivity index is 1.57. The van der Waals surface area contributed by atoms with Crippen LogP contribution in [0.4, 0.5) is 0 Å². The van der Waals surface area contributed by atoms with Gasteiger partial charge in [0.15, 0.2) is 5.65 Å². The third-order valence-electron chi connectivity index (χ3n) is 5.52. The van der Waals surface area contributed by atoms with Crippen LogP contribution in [-0.4, -0.2) is 48.0 Å². The Kier molecular flexibility index (Phi) is 4.45. The van der Waals surface area contributed by atoms with Crippen molar-refractivity contribution in [3.8, 4) is 0 Å². The van der Waals surface area contributed by atoms with Crippen LogP contribution < -0.4 is 0 Å². The van der Waals surface area contributed by atoms with Gasteiger partial charge in [0.1, 0.15) is 11.4 Å². The fraction of sp³-hybridized carbons (Fsp3) is 0.500. The van der Waals surface area contributed by atoms with E-state index in [-0.39, 0.29) is 5.91 Å². The fourth-order valence-corrected chi connectivity index (χ4v) is 4.12. The Bertz CT molecular complexity index is 993. The minimum Gasteiger partial charge on any atom is -0.338 e. The number of imidazole rings is 1. The van der Waals surface area contributed by atoms with Gasteiger partial charge < -0.3 is 9.47 Å². The summed E-state index contributed by atoms with van der Waals surface area (Å²) in [7, 11) is 0. The largest absolute Gasteiger partial charge is 0.338 e. The van der Waals surface area contributed by atoms with Crippen LogP contribution in [0, 0.1) is 20.8 Å². The third-order valence-corrected chi connectivity index (χ3v) is 5.52. The van der Waals surface area contributed by atoms with Gasteiger partial charge in [0.25, 0.3) is 5.91 Å². The second-order valence-electron chi connectivity index (χ2n) is 7.37. The molecule has 0 atom stereocenters. The molecule has 1 amide bonds. The molecule has 0 N–H and O–H groups in total. The molecule has 0 spiro atoms. The van der Waals surface area contributed by atoms with Crippen LogP contribution in [0.2, 0.25) is 0 Å². The zero-order chi connectivity index (χ0) is 19.1. The summed E-state index contributed by atoms with van der Waals surface area (Å²) in [4.78, 5) is 24.3. The van der Waals surface area contributed by atoms with Crippen molar-refractivity contribution in [3.63, 3.8) is 0 Å². The van der Waals surface area contributed by atoms with Gasteiger partial charge in [-0.05, 0) is 46.6 Å². The standard InChI is InChI=1S/C20H26N6O/c1-5-24-11-8-21-18(24)16-6-9-25(10-7-16)20(27)17-15(4)23-26-14(3)12-13(2)22-19(17)26/h8,11-12,16H,5-7,9-10H2,1-4H3. The van der Waals surface area contributed by atoms with Crippen molar-refractivity contribution in [2.75, 3.05) is 13.1 Å². The molecule has 7 heteroatoms. The van der Waals surface area contributed by atoms with E-state index in [1.165, 1.54) is 0 Å².